The monoisotopic (exact) mass is 222 g/mol. The predicted molar refractivity (Wildman–Crippen MR) is 60.8 cm³/mol. The number of fused-ring (bicyclic) bond motifs is 1. The molecule has 0 atom stereocenters. The molecule has 0 amide bonds. The van der Waals surface area contributed by atoms with Gasteiger partial charge in [0.25, 0.3) is 0 Å². The number of H-pyrrole nitrogens is 1. The van der Waals surface area contributed by atoms with Crippen LogP contribution in [0.25, 0.3) is 0 Å². The zero-order valence-electron chi connectivity index (χ0n) is 8.96. The van der Waals surface area contributed by atoms with Gasteiger partial charge < -0.3 is 4.98 Å². The fourth-order valence-electron chi connectivity index (χ4n) is 2.01. The fraction of sp³-hybridized carbons (Fsp3) is 0.545. The minimum absolute atomic E-state index is 0.207. The number of aryl methyl sites for hydroxylation is 1. The van der Waals surface area contributed by atoms with Gasteiger partial charge in [-0.3, -0.25) is 4.79 Å². The second-order valence-corrected chi connectivity index (χ2v) is 4.60. The highest BCUT2D eigenvalue weighted by atomic mass is 32.1. The topological polar surface area (TPSA) is 45.8 Å². The molecule has 15 heavy (non-hydrogen) atoms. The van der Waals surface area contributed by atoms with Crippen molar-refractivity contribution in [1.29, 1.82) is 0 Å². The first-order valence-electron chi connectivity index (χ1n) is 5.26. The van der Waals surface area contributed by atoms with Crippen LogP contribution in [-0.2, 0) is 6.42 Å². The highest BCUT2D eigenvalue weighted by Gasteiger charge is 2.23. The van der Waals surface area contributed by atoms with Crippen molar-refractivity contribution in [2.75, 3.05) is 0 Å². The minimum atomic E-state index is 0.207. The van der Waals surface area contributed by atoms with Crippen molar-refractivity contribution in [2.45, 2.75) is 39.0 Å². The second kappa shape index (κ2) is 3.85. The molecule has 0 radical (unpaired) electrons. The number of nitrogens with zero attached hydrogens (tertiary/aromatic N) is 1. The number of aromatic nitrogens is 2. The zero-order chi connectivity index (χ0) is 11.0. The van der Waals surface area contributed by atoms with Gasteiger partial charge >= 0.3 is 0 Å². The van der Waals surface area contributed by atoms with Crippen LogP contribution in [0.15, 0.2) is 0 Å². The Morgan fingerprint density at radius 1 is 1.40 bits per heavy atom. The van der Waals surface area contributed by atoms with Crippen LogP contribution in [0.2, 0.25) is 0 Å². The predicted octanol–water partition coefficient (Wildman–Crippen LogP) is 2.78. The summed E-state index contributed by atoms with van der Waals surface area (Å²) in [5, 5.41) is 0. The van der Waals surface area contributed by atoms with Crippen molar-refractivity contribution < 1.29 is 4.79 Å². The van der Waals surface area contributed by atoms with Crippen molar-refractivity contribution >= 4 is 18.0 Å². The lowest BCUT2D eigenvalue weighted by Crippen LogP contribution is -2.18. The van der Waals surface area contributed by atoms with E-state index in [0.717, 1.165) is 29.8 Å². The molecule has 2 rings (SSSR count). The van der Waals surface area contributed by atoms with Crippen molar-refractivity contribution in [3.8, 4) is 0 Å². The number of aromatic amines is 1. The molecule has 0 bridgehead atoms. The molecule has 0 saturated carbocycles. The Balaban J connectivity index is 2.69. The van der Waals surface area contributed by atoms with Crippen molar-refractivity contribution in [1.82, 2.24) is 9.97 Å². The first-order valence-corrected chi connectivity index (χ1v) is 5.66. The molecular weight excluding hydrogens is 208 g/mol. The summed E-state index contributed by atoms with van der Waals surface area (Å²) in [6.45, 7) is 4.08. The van der Waals surface area contributed by atoms with Gasteiger partial charge in [-0.15, -0.1) is 0 Å². The second-order valence-electron chi connectivity index (χ2n) is 4.21. The molecule has 1 aliphatic rings. The highest BCUT2D eigenvalue weighted by Crippen LogP contribution is 2.25. The summed E-state index contributed by atoms with van der Waals surface area (Å²) in [5.41, 5.74) is 2.64. The third kappa shape index (κ3) is 1.86. The Kier molecular flexibility index (Phi) is 2.69. The van der Waals surface area contributed by atoms with Gasteiger partial charge in [0.1, 0.15) is 0 Å². The van der Waals surface area contributed by atoms with E-state index in [1.807, 2.05) is 13.8 Å². The summed E-state index contributed by atoms with van der Waals surface area (Å²) < 4.78 is 0.493. The van der Waals surface area contributed by atoms with E-state index >= 15 is 0 Å². The van der Waals surface area contributed by atoms with Crippen molar-refractivity contribution in [3.05, 3.63) is 21.7 Å². The summed E-state index contributed by atoms with van der Waals surface area (Å²) in [5.74, 6) is 0.454. The number of rotatable bonds is 1. The van der Waals surface area contributed by atoms with Gasteiger partial charge in [-0.1, -0.05) is 13.8 Å². The van der Waals surface area contributed by atoms with Gasteiger partial charge in [-0.2, -0.15) is 0 Å². The van der Waals surface area contributed by atoms with E-state index in [0.29, 0.717) is 11.2 Å². The maximum absolute atomic E-state index is 11.8. The van der Waals surface area contributed by atoms with E-state index in [1.165, 1.54) is 0 Å². The summed E-state index contributed by atoms with van der Waals surface area (Å²) in [6.07, 6.45) is 2.46. The molecule has 0 unspecified atom stereocenters. The van der Waals surface area contributed by atoms with E-state index in [2.05, 4.69) is 9.97 Å². The number of ketones is 1. The Labute approximate surface area is 93.9 Å². The summed E-state index contributed by atoms with van der Waals surface area (Å²) in [4.78, 5) is 19.1. The Bertz CT molecular complexity index is 462. The van der Waals surface area contributed by atoms with Crippen LogP contribution in [0.5, 0.6) is 0 Å². The van der Waals surface area contributed by atoms with E-state index in [9.17, 15) is 4.79 Å². The maximum atomic E-state index is 11.8. The maximum Gasteiger partial charge on any atom is 0.197 e. The molecule has 0 spiro atoms. The van der Waals surface area contributed by atoms with Gasteiger partial charge in [0.2, 0.25) is 0 Å². The molecule has 3 nitrogen and oxygen atoms in total. The Morgan fingerprint density at radius 3 is 2.80 bits per heavy atom. The molecule has 80 valence electrons. The van der Waals surface area contributed by atoms with Gasteiger partial charge in [0, 0.05) is 12.1 Å². The number of carbonyl (C=O) groups is 1. The van der Waals surface area contributed by atoms with Gasteiger partial charge in [-0.25, -0.2) is 4.98 Å². The fourth-order valence-corrected chi connectivity index (χ4v) is 2.23. The molecule has 1 aromatic rings. The lowest BCUT2D eigenvalue weighted by atomic mass is 9.90. The van der Waals surface area contributed by atoms with E-state index in [4.69, 9.17) is 12.2 Å². The zero-order valence-corrected chi connectivity index (χ0v) is 9.78. The van der Waals surface area contributed by atoms with Gasteiger partial charge in [0.05, 0.1) is 11.3 Å². The normalized spacial score (nSPS) is 15.5. The molecule has 4 heteroatoms. The summed E-state index contributed by atoms with van der Waals surface area (Å²) in [6, 6.07) is 0. The first kappa shape index (κ1) is 10.5. The molecule has 0 aliphatic heterocycles. The average molecular weight is 222 g/mol. The van der Waals surface area contributed by atoms with Gasteiger partial charge in [-0.05, 0) is 31.0 Å². The third-order valence-corrected chi connectivity index (χ3v) is 2.89. The van der Waals surface area contributed by atoms with Crippen LogP contribution in [0.1, 0.15) is 54.4 Å². The van der Waals surface area contributed by atoms with Crippen LogP contribution in [0, 0.1) is 4.77 Å². The first-order chi connectivity index (χ1) is 7.09. The van der Waals surface area contributed by atoms with Crippen LogP contribution >= 0.6 is 12.2 Å². The highest BCUT2D eigenvalue weighted by molar-refractivity contribution is 7.71. The number of hydrogen-bond donors (Lipinski definition) is 1. The Morgan fingerprint density at radius 2 is 2.13 bits per heavy atom. The average Bonchev–Trinajstić information content (AvgIpc) is 2.16. The summed E-state index contributed by atoms with van der Waals surface area (Å²) in [7, 11) is 0. The number of nitrogens with one attached hydrogen (secondary N) is 1. The molecular formula is C11H14N2OS. The molecule has 1 aromatic heterocycles. The van der Waals surface area contributed by atoms with Crippen molar-refractivity contribution in [2.24, 2.45) is 0 Å². The smallest absolute Gasteiger partial charge is 0.197 e. The largest absolute Gasteiger partial charge is 0.334 e. The van der Waals surface area contributed by atoms with Crippen LogP contribution < -0.4 is 0 Å². The molecule has 0 fully saturated rings. The summed E-state index contributed by atoms with van der Waals surface area (Å²) >= 11 is 5.06. The third-order valence-electron chi connectivity index (χ3n) is 2.69. The van der Waals surface area contributed by atoms with E-state index < -0.39 is 0 Å². The standard InChI is InChI=1S/C11H14N2OS/c1-6(2)10-9-7(12-11(15)13-10)4-3-5-8(9)14/h6H,3-5H2,1-2H3,(H,12,13,15). The van der Waals surface area contributed by atoms with E-state index in [-0.39, 0.29) is 11.7 Å². The lowest BCUT2D eigenvalue weighted by molar-refractivity contribution is 0.0969. The number of Topliss-reactive ketones (excluding diaryl/α,β-unsaturated/α-hetero) is 1. The van der Waals surface area contributed by atoms with Crippen LogP contribution in [0.3, 0.4) is 0 Å². The van der Waals surface area contributed by atoms with Gasteiger partial charge in [0.15, 0.2) is 10.6 Å². The van der Waals surface area contributed by atoms with Crippen LogP contribution in [0.4, 0.5) is 0 Å². The SMILES string of the molecule is CC(C)c1nc(=S)[nH]c2c1C(=O)CCC2. The molecule has 0 aromatic carbocycles. The van der Waals surface area contributed by atoms with E-state index in [1.54, 1.807) is 0 Å². The van der Waals surface area contributed by atoms with Crippen molar-refractivity contribution in [3.63, 3.8) is 0 Å². The number of hydrogen-bond acceptors (Lipinski definition) is 3. The Hall–Kier alpha value is -1.03. The number of carbonyl (C=O) groups excluding carboxylic acids is 1. The van der Waals surface area contributed by atoms with Crippen LogP contribution in [-0.4, -0.2) is 15.8 Å². The quantitative estimate of drug-likeness (QED) is 0.743. The molecule has 1 aliphatic carbocycles. The lowest BCUT2D eigenvalue weighted by Gasteiger charge is -2.18. The molecule has 1 heterocycles. The molecule has 1 N–H and O–H groups in total. The minimum Gasteiger partial charge on any atom is -0.334 e. The molecule has 0 saturated heterocycles.